The third kappa shape index (κ3) is 4.56. The van der Waals surface area contributed by atoms with Crippen LogP contribution in [0.25, 0.3) is 0 Å². The van der Waals surface area contributed by atoms with E-state index in [1.165, 1.54) is 0 Å². The molecule has 1 fully saturated rings. The molecule has 120 valence electrons. The summed E-state index contributed by atoms with van der Waals surface area (Å²) in [6.07, 6.45) is 4.62. The summed E-state index contributed by atoms with van der Waals surface area (Å²) >= 11 is 0. The van der Waals surface area contributed by atoms with Crippen molar-refractivity contribution in [3.05, 3.63) is 35.4 Å². The molecular formula is C17H25N3O2. The van der Waals surface area contributed by atoms with E-state index in [9.17, 15) is 9.59 Å². The largest absolute Gasteiger partial charge is 0.352 e. The number of hydrogen-bond donors (Lipinski definition) is 3. The zero-order valence-corrected chi connectivity index (χ0v) is 13.1. The van der Waals surface area contributed by atoms with Crippen molar-refractivity contribution in [3.8, 4) is 0 Å². The van der Waals surface area contributed by atoms with Crippen LogP contribution < -0.4 is 16.4 Å². The lowest BCUT2D eigenvalue weighted by Gasteiger charge is -2.26. The fraction of sp³-hybridized carbons (Fsp3) is 0.529. The van der Waals surface area contributed by atoms with Gasteiger partial charge in [-0.2, -0.15) is 0 Å². The second-order valence-corrected chi connectivity index (χ2v) is 5.92. The molecular weight excluding hydrogens is 278 g/mol. The molecule has 22 heavy (non-hydrogen) atoms. The highest BCUT2D eigenvalue weighted by Gasteiger charge is 2.20. The number of nitrogens with two attached hydrogens (primary N) is 1. The highest BCUT2D eigenvalue weighted by Crippen LogP contribution is 2.17. The first-order valence-electron chi connectivity index (χ1n) is 8.05. The molecule has 0 atom stereocenters. The Morgan fingerprint density at radius 3 is 2.41 bits per heavy atom. The van der Waals surface area contributed by atoms with Crippen LogP contribution in [0.2, 0.25) is 0 Å². The van der Waals surface area contributed by atoms with Gasteiger partial charge in [0.2, 0.25) is 0 Å². The molecule has 4 N–H and O–H groups in total. The third-order valence-corrected chi connectivity index (χ3v) is 4.03. The number of nitrogens with one attached hydrogen (secondary N) is 2. The maximum Gasteiger partial charge on any atom is 0.251 e. The predicted molar refractivity (Wildman–Crippen MR) is 86.8 cm³/mol. The van der Waals surface area contributed by atoms with E-state index in [4.69, 9.17) is 5.73 Å². The maximum atomic E-state index is 12.3. The zero-order valence-electron chi connectivity index (χ0n) is 13.1. The summed E-state index contributed by atoms with van der Waals surface area (Å²) in [4.78, 5) is 24.3. The van der Waals surface area contributed by atoms with Crippen LogP contribution in [0.4, 0.5) is 0 Å². The van der Waals surface area contributed by atoms with E-state index in [2.05, 4.69) is 10.6 Å². The Bertz CT molecular complexity index is 522. The molecule has 5 heteroatoms. The van der Waals surface area contributed by atoms with Gasteiger partial charge in [0.25, 0.3) is 11.8 Å². The van der Waals surface area contributed by atoms with E-state index in [0.29, 0.717) is 17.7 Å². The number of rotatable bonds is 5. The molecule has 1 aliphatic rings. The van der Waals surface area contributed by atoms with Crippen LogP contribution in [0.15, 0.2) is 24.3 Å². The Hall–Kier alpha value is -1.88. The summed E-state index contributed by atoms with van der Waals surface area (Å²) in [7, 11) is 0. The normalized spacial score (nSPS) is 21.2. The van der Waals surface area contributed by atoms with Gasteiger partial charge < -0.3 is 16.4 Å². The van der Waals surface area contributed by atoms with Crippen molar-refractivity contribution in [3.63, 3.8) is 0 Å². The summed E-state index contributed by atoms with van der Waals surface area (Å²) in [5, 5.41) is 5.86. The molecule has 0 aromatic heterocycles. The van der Waals surface area contributed by atoms with Crippen LogP contribution in [0, 0.1) is 0 Å². The molecule has 0 unspecified atom stereocenters. The minimum atomic E-state index is -0.139. The van der Waals surface area contributed by atoms with Crippen LogP contribution >= 0.6 is 0 Å². The van der Waals surface area contributed by atoms with E-state index >= 15 is 0 Å². The van der Waals surface area contributed by atoms with Crippen LogP contribution in [0.1, 0.15) is 59.7 Å². The molecule has 1 aromatic rings. The minimum Gasteiger partial charge on any atom is -0.352 e. The Morgan fingerprint density at radius 1 is 1.14 bits per heavy atom. The first-order chi connectivity index (χ1) is 10.6. The third-order valence-electron chi connectivity index (χ3n) is 4.03. The van der Waals surface area contributed by atoms with Crippen molar-refractivity contribution in [2.24, 2.45) is 5.73 Å². The molecule has 0 aliphatic heterocycles. The maximum absolute atomic E-state index is 12.3. The van der Waals surface area contributed by atoms with Crippen molar-refractivity contribution in [2.45, 2.75) is 51.1 Å². The van der Waals surface area contributed by atoms with Gasteiger partial charge in [-0.05, 0) is 50.3 Å². The minimum absolute atomic E-state index is 0.120. The predicted octanol–water partition coefficient (Wildman–Crippen LogP) is 1.83. The van der Waals surface area contributed by atoms with Gasteiger partial charge in [-0.1, -0.05) is 13.0 Å². The second kappa shape index (κ2) is 7.94. The fourth-order valence-electron chi connectivity index (χ4n) is 2.67. The molecule has 1 aliphatic carbocycles. The summed E-state index contributed by atoms with van der Waals surface area (Å²) in [6, 6.07) is 7.30. The van der Waals surface area contributed by atoms with Gasteiger partial charge in [0.1, 0.15) is 0 Å². The Labute approximate surface area is 131 Å². The molecule has 0 bridgehead atoms. The number of amides is 2. The van der Waals surface area contributed by atoms with Gasteiger partial charge in [-0.3, -0.25) is 9.59 Å². The SMILES string of the molecule is CCCNC(=O)c1cccc(C(=O)NC2CCC(N)CC2)c1. The zero-order chi connectivity index (χ0) is 15.9. The van der Waals surface area contributed by atoms with Gasteiger partial charge >= 0.3 is 0 Å². The monoisotopic (exact) mass is 303 g/mol. The molecule has 0 spiro atoms. The average molecular weight is 303 g/mol. The van der Waals surface area contributed by atoms with Gasteiger partial charge in [0.05, 0.1) is 0 Å². The molecule has 1 saturated carbocycles. The van der Waals surface area contributed by atoms with E-state index in [1.807, 2.05) is 6.92 Å². The van der Waals surface area contributed by atoms with Crippen LogP contribution in [0.5, 0.6) is 0 Å². The number of carbonyl (C=O) groups excluding carboxylic acids is 2. The lowest BCUT2D eigenvalue weighted by atomic mass is 9.91. The highest BCUT2D eigenvalue weighted by atomic mass is 16.2. The van der Waals surface area contributed by atoms with Gasteiger partial charge in [0, 0.05) is 29.8 Å². The van der Waals surface area contributed by atoms with Crippen molar-refractivity contribution < 1.29 is 9.59 Å². The van der Waals surface area contributed by atoms with Gasteiger partial charge in [0.15, 0.2) is 0 Å². The molecule has 0 radical (unpaired) electrons. The van der Waals surface area contributed by atoms with Crippen molar-refractivity contribution in [1.29, 1.82) is 0 Å². The lowest BCUT2D eigenvalue weighted by Crippen LogP contribution is -2.40. The summed E-state index contributed by atoms with van der Waals surface area (Å²) in [6.45, 7) is 2.64. The first kappa shape index (κ1) is 16.5. The smallest absolute Gasteiger partial charge is 0.251 e. The Morgan fingerprint density at radius 2 is 1.77 bits per heavy atom. The molecule has 2 rings (SSSR count). The van der Waals surface area contributed by atoms with E-state index in [0.717, 1.165) is 32.1 Å². The first-order valence-corrected chi connectivity index (χ1v) is 8.05. The molecule has 2 amide bonds. The molecule has 0 heterocycles. The lowest BCUT2D eigenvalue weighted by molar-refractivity contribution is 0.0926. The van der Waals surface area contributed by atoms with Crippen molar-refractivity contribution in [1.82, 2.24) is 10.6 Å². The van der Waals surface area contributed by atoms with Crippen LogP contribution in [0.3, 0.4) is 0 Å². The molecule has 5 nitrogen and oxygen atoms in total. The Kier molecular flexibility index (Phi) is 5.95. The second-order valence-electron chi connectivity index (χ2n) is 5.92. The number of carbonyl (C=O) groups is 2. The summed E-state index contributed by atoms with van der Waals surface area (Å²) < 4.78 is 0. The standard InChI is InChI=1S/C17H25N3O2/c1-2-10-19-16(21)12-4-3-5-13(11-12)17(22)20-15-8-6-14(18)7-9-15/h3-5,11,14-15H,2,6-10,18H2,1H3,(H,19,21)(H,20,22). The van der Waals surface area contributed by atoms with Gasteiger partial charge in [-0.15, -0.1) is 0 Å². The van der Waals surface area contributed by atoms with Crippen molar-refractivity contribution >= 4 is 11.8 Å². The van der Waals surface area contributed by atoms with Crippen molar-refractivity contribution in [2.75, 3.05) is 6.54 Å². The van der Waals surface area contributed by atoms with E-state index in [1.54, 1.807) is 24.3 Å². The quantitative estimate of drug-likeness (QED) is 0.776. The topological polar surface area (TPSA) is 84.2 Å². The van der Waals surface area contributed by atoms with E-state index in [-0.39, 0.29) is 23.9 Å². The summed E-state index contributed by atoms with van der Waals surface area (Å²) in [5.41, 5.74) is 6.92. The summed E-state index contributed by atoms with van der Waals surface area (Å²) in [5.74, 6) is -0.259. The highest BCUT2D eigenvalue weighted by molar-refractivity contribution is 5.99. The van der Waals surface area contributed by atoms with Gasteiger partial charge in [-0.25, -0.2) is 0 Å². The average Bonchev–Trinajstić information content (AvgIpc) is 2.54. The number of benzene rings is 1. The molecule has 1 aromatic carbocycles. The fourth-order valence-corrected chi connectivity index (χ4v) is 2.67. The Balaban J connectivity index is 1.96. The van der Waals surface area contributed by atoms with Crippen LogP contribution in [-0.4, -0.2) is 30.4 Å². The number of hydrogen-bond acceptors (Lipinski definition) is 3. The molecule has 0 saturated heterocycles. The van der Waals surface area contributed by atoms with E-state index < -0.39 is 0 Å². The van der Waals surface area contributed by atoms with Crippen LogP contribution in [-0.2, 0) is 0 Å².